The fraction of sp³-hybridized carbons (Fsp3) is 0.261. The second-order valence-corrected chi connectivity index (χ2v) is 9.25. The van der Waals surface area contributed by atoms with Crippen molar-refractivity contribution in [2.75, 3.05) is 25.0 Å². The van der Waals surface area contributed by atoms with Crippen LogP contribution in [0.5, 0.6) is 5.75 Å². The zero-order valence-corrected chi connectivity index (χ0v) is 20.5. The van der Waals surface area contributed by atoms with E-state index >= 15 is 0 Å². The predicted octanol–water partition coefficient (Wildman–Crippen LogP) is 4.95. The second kappa shape index (κ2) is 9.56. The Morgan fingerprint density at radius 1 is 1.12 bits per heavy atom. The van der Waals surface area contributed by atoms with Crippen LogP contribution in [-0.4, -0.2) is 40.3 Å². The lowest BCUT2D eigenvalue weighted by atomic mass is 10.1. The number of ether oxygens (including phenoxy) is 1. The van der Waals surface area contributed by atoms with Crippen LogP contribution in [0.3, 0.4) is 0 Å². The molecule has 0 spiro atoms. The summed E-state index contributed by atoms with van der Waals surface area (Å²) in [6.07, 6.45) is 5.02. The fourth-order valence-electron chi connectivity index (χ4n) is 3.98. The van der Waals surface area contributed by atoms with E-state index < -0.39 is 6.23 Å². The number of benzene rings is 1. The normalized spacial score (nSPS) is 14.3. The molecule has 34 heavy (non-hydrogen) atoms. The van der Waals surface area contributed by atoms with Gasteiger partial charge in [-0.2, -0.15) is 5.10 Å². The van der Waals surface area contributed by atoms with Gasteiger partial charge in [0.25, 0.3) is 0 Å². The van der Waals surface area contributed by atoms with E-state index in [4.69, 9.17) is 50.3 Å². The molecule has 3 aromatic heterocycles. The van der Waals surface area contributed by atoms with Crippen LogP contribution in [0.4, 0.5) is 5.82 Å². The van der Waals surface area contributed by atoms with Gasteiger partial charge in [-0.15, -0.1) is 0 Å². The number of fused-ring (bicyclic) bond motifs is 1. The number of hydrogen-bond donors (Lipinski definition) is 3. The average Bonchev–Trinajstić information content (AvgIpc) is 3.16. The Bertz CT molecular complexity index is 1340. The molecule has 4 aromatic rings. The summed E-state index contributed by atoms with van der Waals surface area (Å²) in [6.45, 7) is 2.76. The molecule has 0 unspecified atom stereocenters. The summed E-state index contributed by atoms with van der Waals surface area (Å²) in [7, 11) is 1.92. The van der Waals surface area contributed by atoms with Crippen molar-refractivity contribution in [1.29, 1.82) is 0 Å². The molecule has 4 heterocycles. The van der Waals surface area contributed by atoms with Crippen molar-refractivity contribution in [3.63, 3.8) is 0 Å². The minimum atomic E-state index is -0.937. The molecule has 1 aliphatic rings. The summed E-state index contributed by atoms with van der Waals surface area (Å²) < 4.78 is 5.97. The first-order valence-electron chi connectivity index (χ1n) is 10.7. The Hall–Kier alpha value is -2.62. The van der Waals surface area contributed by atoms with Crippen LogP contribution in [-0.2, 0) is 6.54 Å². The van der Waals surface area contributed by atoms with Gasteiger partial charge in [0.05, 0.1) is 20.6 Å². The van der Waals surface area contributed by atoms with Crippen molar-refractivity contribution in [2.45, 2.75) is 19.2 Å². The monoisotopic (exact) mass is 517 g/mol. The van der Waals surface area contributed by atoms with E-state index in [2.05, 4.69) is 31.5 Å². The molecule has 5 rings (SSSR count). The maximum absolute atomic E-state index is 6.48. The molecule has 1 fully saturated rings. The van der Waals surface area contributed by atoms with E-state index in [-0.39, 0.29) is 0 Å². The van der Waals surface area contributed by atoms with E-state index in [9.17, 15) is 0 Å². The van der Waals surface area contributed by atoms with Crippen LogP contribution in [0.2, 0.25) is 15.1 Å². The number of H-pyrrole nitrogens is 1. The number of pyridine rings is 2. The number of nitrogens with two attached hydrogens (primary N) is 1. The molecule has 1 aliphatic heterocycles. The molecular weight excluding hydrogens is 497 g/mol. The highest BCUT2D eigenvalue weighted by Crippen LogP contribution is 2.38. The van der Waals surface area contributed by atoms with Crippen LogP contribution in [0.1, 0.15) is 23.8 Å². The molecule has 8 nitrogen and oxygen atoms in total. The fourth-order valence-corrected chi connectivity index (χ4v) is 4.77. The number of aromatic amines is 1. The summed E-state index contributed by atoms with van der Waals surface area (Å²) in [5, 5.41) is 12.6. The Morgan fingerprint density at radius 3 is 2.56 bits per heavy atom. The molecule has 1 saturated heterocycles. The van der Waals surface area contributed by atoms with Gasteiger partial charge in [0.1, 0.15) is 17.3 Å². The number of rotatable bonds is 7. The number of hydrogen-bond acceptors (Lipinski definition) is 7. The molecule has 0 amide bonds. The summed E-state index contributed by atoms with van der Waals surface area (Å²) in [4.78, 5) is 11.0. The van der Waals surface area contributed by atoms with Crippen LogP contribution in [0.25, 0.3) is 22.2 Å². The summed E-state index contributed by atoms with van der Waals surface area (Å²) >= 11 is 18.9. The van der Waals surface area contributed by atoms with Crippen LogP contribution < -0.4 is 20.7 Å². The Labute approximate surface area is 211 Å². The van der Waals surface area contributed by atoms with Gasteiger partial charge in [0, 0.05) is 60.3 Å². The third kappa shape index (κ3) is 4.28. The lowest BCUT2D eigenvalue weighted by Crippen LogP contribution is -2.38. The van der Waals surface area contributed by atoms with Gasteiger partial charge in [-0.05, 0) is 31.7 Å². The predicted molar refractivity (Wildman–Crippen MR) is 136 cm³/mol. The zero-order chi connectivity index (χ0) is 23.8. The summed E-state index contributed by atoms with van der Waals surface area (Å²) in [5.74, 6) is 1.39. The number of halogens is 3. The highest BCUT2D eigenvalue weighted by atomic mass is 35.5. The van der Waals surface area contributed by atoms with Crippen molar-refractivity contribution in [3.8, 4) is 17.0 Å². The number of anilines is 1. The molecule has 0 radical (unpaired) electrons. The smallest absolute Gasteiger partial charge is 0.177 e. The van der Waals surface area contributed by atoms with Crippen LogP contribution >= 0.6 is 34.8 Å². The van der Waals surface area contributed by atoms with Crippen LogP contribution in [0, 0.1) is 0 Å². The largest absolute Gasteiger partial charge is 0.470 e. The standard InChI is InChI=1S/C23H22Cl3N7O/c1-28-8-13-5-12(9-30-23(13)33-3-2-4-33)21-14-6-19(15(24)7-18(14)31-32-21)34-22(27)20-16(25)10-29-11-17(20)26/h5-7,9-11,22,28H,2-4,8,27H2,1H3,(H,31,32)/t22-/m0/s1. The van der Waals surface area contributed by atoms with Crippen LogP contribution in [0.15, 0.2) is 36.8 Å². The van der Waals surface area contributed by atoms with Gasteiger partial charge in [-0.25, -0.2) is 4.98 Å². The molecular formula is C23H22Cl3N7O. The minimum absolute atomic E-state index is 0.312. The lowest BCUT2D eigenvalue weighted by molar-refractivity contribution is 0.214. The SMILES string of the molecule is CNCc1cc(-c2n[nH]c3cc(Cl)c(O[C@H](N)c4c(Cl)cncc4Cl)cc23)cnc1N1CCC1. The lowest BCUT2D eigenvalue weighted by Gasteiger charge is -2.33. The van der Waals surface area contributed by atoms with Gasteiger partial charge in [0.2, 0.25) is 0 Å². The number of nitrogens with one attached hydrogen (secondary N) is 2. The third-order valence-electron chi connectivity index (χ3n) is 5.78. The van der Waals surface area contributed by atoms with Gasteiger partial charge in [0.15, 0.2) is 6.23 Å². The van der Waals surface area contributed by atoms with Gasteiger partial charge in [-0.1, -0.05) is 34.8 Å². The van der Waals surface area contributed by atoms with E-state index in [1.54, 1.807) is 12.1 Å². The van der Waals surface area contributed by atoms with Crippen molar-refractivity contribution < 1.29 is 4.74 Å². The Kier molecular flexibility index (Phi) is 6.50. The topological polar surface area (TPSA) is 105 Å². The maximum atomic E-state index is 6.48. The summed E-state index contributed by atoms with van der Waals surface area (Å²) in [6, 6.07) is 5.67. The zero-order valence-electron chi connectivity index (χ0n) is 18.3. The first kappa shape index (κ1) is 23.1. The maximum Gasteiger partial charge on any atom is 0.177 e. The molecule has 176 valence electrons. The second-order valence-electron chi connectivity index (χ2n) is 8.03. The van der Waals surface area contributed by atoms with Crippen molar-refractivity contribution in [3.05, 3.63) is 63.0 Å². The quantitative estimate of drug-likeness (QED) is 0.297. The first-order valence-corrected chi connectivity index (χ1v) is 11.9. The minimum Gasteiger partial charge on any atom is -0.470 e. The van der Waals surface area contributed by atoms with Crippen molar-refractivity contribution >= 4 is 51.5 Å². The Morgan fingerprint density at radius 2 is 1.88 bits per heavy atom. The molecule has 4 N–H and O–H groups in total. The van der Waals surface area contributed by atoms with Crippen molar-refractivity contribution in [2.24, 2.45) is 5.73 Å². The highest BCUT2D eigenvalue weighted by Gasteiger charge is 2.22. The summed E-state index contributed by atoms with van der Waals surface area (Å²) in [5.41, 5.74) is 10.2. The van der Waals surface area contributed by atoms with E-state index in [0.29, 0.717) is 32.9 Å². The molecule has 11 heteroatoms. The van der Waals surface area contributed by atoms with Gasteiger partial charge in [-0.3, -0.25) is 15.8 Å². The molecule has 0 saturated carbocycles. The number of nitrogens with zero attached hydrogens (tertiary/aromatic N) is 4. The van der Waals surface area contributed by atoms with E-state index in [0.717, 1.165) is 46.6 Å². The average molecular weight is 519 g/mol. The molecule has 0 bridgehead atoms. The Balaban J connectivity index is 1.52. The molecule has 0 aliphatic carbocycles. The van der Waals surface area contributed by atoms with Crippen molar-refractivity contribution in [1.82, 2.24) is 25.5 Å². The molecule has 1 atom stereocenters. The number of aromatic nitrogens is 4. The van der Waals surface area contributed by atoms with E-state index in [1.807, 2.05) is 13.2 Å². The molecule has 1 aromatic carbocycles. The highest BCUT2D eigenvalue weighted by molar-refractivity contribution is 6.36. The van der Waals surface area contributed by atoms with Gasteiger partial charge >= 0.3 is 0 Å². The first-order chi connectivity index (χ1) is 16.5. The van der Waals surface area contributed by atoms with E-state index in [1.165, 1.54) is 18.8 Å². The third-order valence-corrected chi connectivity index (χ3v) is 6.68. The van der Waals surface area contributed by atoms with Gasteiger partial charge < -0.3 is 15.0 Å².